The van der Waals surface area contributed by atoms with Crippen LogP contribution >= 0.6 is 40.3 Å². The number of imidazole rings is 4. The minimum absolute atomic E-state index is 0.0119. The second kappa shape index (κ2) is 37.6. The van der Waals surface area contributed by atoms with E-state index in [1.54, 1.807) is 4.57 Å². The number of aromatic nitrogens is 20. The smallest absolute Gasteiger partial charge is 0.330 e. The molecule has 0 bridgehead atoms. The topological polar surface area (TPSA) is 716 Å². The van der Waals surface area contributed by atoms with Crippen molar-refractivity contribution in [3.63, 3.8) is 0 Å². The highest BCUT2D eigenvalue weighted by Gasteiger charge is 2.51. The molecule has 10 aromatic rings. The monoisotopic (exact) mass is 2020 g/mol. The molecule has 0 aliphatic carbocycles. The molecule has 0 aromatic carbocycles. The molecule has 0 radical (unpaired) electrons. The van der Waals surface area contributed by atoms with Crippen LogP contribution in [0, 0.1) is 13.8 Å². The number of nitrogens with zero attached hydrogens (tertiary/aromatic N) is 16. The van der Waals surface area contributed by atoms with Gasteiger partial charge in [0.2, 0.25) is 11.9 Å². The van der Waals surface area contributed by atoms with Gasteiger partial charge in [-0.2, -0.15) is 9.97 Å². The third-order valence-corrected chi connectivity index (χ3v) is 30.8. The van der Waals surface area contributed by atoms with Crippen molar-refractivity contribution in [3.05, 3.63) is 124 Å². The van der Waals surface area contributed by atoms with E-state index in [4.69, 9.17) is 176 Å². The van der Waals surface area contributed by atoms with Gasteiger partial charge >= 0.3 is 51.7 Å². The van der Waals surface area contributed by atoms with Crippen LogP contribution in [0.15, 0.2) is 79.1 Å². The van der Waals surface area contributed by atoms with E-state index in [9.17, 15) is 58.1 Å². The number of nitrogens with two attached hydrogens (primary N) is 4. The second-order valence-electron chi connectivity index (χ2n) is 29.6. The lowest BCUT2D eigenvalue weighted by molar-refractivity contribution is -0.0566. The summed E-state index contributed by atoms with van der Waals surface area (Å²) in [6, 6.07) is 0. The van der Waals surface area contributed by atoms with Crippen molar-refractivity contribution in [1.29, 1.82) is 0 Å². The van der Waals surface area contributed by atoms with Crippen molar-refractivity contribution >= 4 is 179 Å². The Labute approximate surface area is 747 Å². The molecule has 128 heavy (non-hydrogen) atoms. The summed E-state index contributed by atoms with van der Waals surface area (Å²) in [6.07, 6.45) is -12.2. The van der Waals surface area contributed by atoms with E-state index in [1.807, 2.05) is 6.92 Å². The normalized spacial score (nSPS) is 29.1. The molecular formula is C62H80N24O30P6S6. The van der Waals surface area contributed by atoms with Crippen LogP contribution in [0.2, 0.25) is 0 Å². The first-order valence-electron chi connectivity index (χ1n) is 38.3. The zero-order chi connectivity index (χ0) is 91.2. The van der Waals surface area contributed by atoms with Crippen LogP contribution in [0.5, 0.6) is 0 Å². The molecular weight excluding hydrogens is 1940 g/mol. The first-order chi connectivity index (χ1) is 60.5. The molecule has 12 unspecified atom stereocenters. The number of rotatable bonds is 35. The van der Waals surface area contributed by atoms with Crippen molar-refractivity contribution in [2.45, 2.75) is 176 Å². The number of fused-ring (bicyclic) bond motifs is 4. The van der Waals surface area contributed by atoms with Gasteiger partial charge in [-0.15, -0.1) is 0 Å². The predicted molar refractivity (Wildman–Crippen MR) is 463 cm³/mol. The molecule has 6 aliphatic rings. The average Bonchev–Trinajstić information content (AvgIpc) is 1.61. The van der Waals surface area contributed by atoms with Crippen molar-refractivity contribution in [1.82, 2.24) is 97.2 Å². The van der Waals surface area contributed by atoms with Gasteiger partial charge in [0.25, 0.3) is 22.2 Å². The van der Waals surface area contributed by atoms with Crippen LogP contribution in [0.1, 0.15) is 100 Å². The summed E-state index contributed by atoms with van der Waals surface area (Å²) in [5.74, 6) is -0.371. The standard InChI is InChI=1S/C62H80N24O30P6S6/c1-5-27-28(6-41(105-27)83-21-71-45-49(63)67-19-69-51(45)83)112-118(94,124)100-15-35-30(7-39(106-35)81-12-25(2)55(87)79-61(81)91)113-119(95,125)103-18-38-33(11-44(110-38)86-24-74-48-54(86)76-60(66)78-58(48)90)116-122(98,128)102-16-36-31(8-40(107-36)82-13-26(3)56(88)80-62(82)92)114-120(96,126)104-17-37-32(10-43(109-37)85-23-73-47-53(85)75-59(65)77-57(47)89)115-121(97,127)101-14-34-29(111-117(93,123)99-4)9-42(108-34)84-22-72-46-50(64)68-20-70-52(46)84/h12-13,19-24,27-44H,5-11,14-18H2,1-4H3,(H,93,123)(H,94,124)(H,95,125)(H,96,126)(H,97,127)(H,98,128)(H2,63,67,69)(H2,64,68,70)(H,79,87,91)(H,80,88,92)(H3,65,75,77,89)(H3,66,76,78,90)/t27-,28?,29?,30?,31?,32?,33?,34-,35-,36-,37-,38-,39-,40-,41-,42-,43-,44-,117?,118?,119?,120?,121?,122?/m1/s1. The number of hydrogen-bond donors (Lipinski definition) is 14. The molecule has 6 fully saturated rings. The summed E-state index contributed by atoms with van der Waals surface area (Å²) >= 11 is 33.4. The van der Waals surface area contributed by atoms with E-state index in [1.165, 1.54) is 77.9 Å². The summed E-state index contributed by atoms with van der Waals surface area (Å²) in [5, 5.41) is 0. The van der Waals surface area contributed by atoms with E-state index in [0.717, 1.165) is 16.2 Å². The Balaban J connectivity index is 0.615. The number of aryl methyl sites for hydroxylation is 2. The van der Waals surface area contributed by atoms with Gasteiger partial charge in [0.1, 0.15) is 91.6 Å². The Morgan fingerprint density at radius 2 is 0.641 bits per heavy atom. The predicted octanol–water partition coefficient (Wildman–Crippen LogP) is 0.455. The number of hydrogen-bond acceptors (Lipinski definition) is 44. The maximum absolute atomic E-state index is 13.6. The maximum atomic E-state index is 13.6. The third kappa shape index (κ3) is 21.0. The first kappa shape index (κ1) is 94.5. The summed E-state index contributed by atoms with van der Waals surface area (Å²) in [5.41, 5.74) is 20.3. The molecule has 694 valence electrons. The van der Waals surface area contributed by atoms with Gasteiger partial charge in [0, 0.05) is 69.2 Å². The van der Waals surface area contributed by atoms with E-state index in [2.05, 4.69) is 69.8 Å². The number of nitrogens with one attached hydrogen (secondary N) is 4. The van der Waals surface area contributed by atoms with E-state index in [-0.39, 0.29) is 107 Å². The van der Waals surface area contributed by atoms with Crippen molar-refractivity contribution in [2.24, 2.45) is 0 Å². The highest BCUT2D eigenvalue weighted by molar-refractivity contribution is 8.08. The van der Waals surface area contributed by atoms with Crippen molar-refractivity contribution in [2.75, 3.05) is 63.1 Å². The molecule has 6 aliphatic heterocycles. The molecule has 0 saturated carbocycles. The first-order valence-corrected chi connectivity index (χ1v) is 53.8. The molecule has 6 saturated heterocycles. The van der Waals surface area contributed by atoms with Crippen LogP contribution in [-0.4, -0.2) is 240 Å². The number of nitrogen functional groups attached to an aromatic ring is 4. The van der Waals surface area contributed by atoms with Gasteiger partial charge in [0.15, 0.2) is 45.3 Å². The molecule has 18 N–H and O–H groups in total. The second-order valence-corrected chi connectivity index (χ2v) is 46.5. The lowest BCUT2D eigenvalue weighted by Crippen LogP contribution is -2.33. The number of H-pyrrole nitrogens is 4. The van der Waals surface area contributed by atoms with Crippen molar-refractivity contribution in [3.8, 4) is 0 Å². The lowest BCUT2D eigenvalue weighted by Gasteiger charge is -2.28. The van der Waals surface area contributed by atoms with Gasteiger partial charge in [-0.25, -0.2) is 49.5 Å². The molecule has 10 aromatic heterocycles. The average molecular weight is 2020 g/mol. The van der Waals surface area contributed by atoms with Crippen molar-refractivity contribution < 1.29 is 112 Å². The fourth-order valence-corrected chi connectivity index (χ4v) is 23.5. The van der Waals surface area contributed by atoms with E-state index < -0.39 is 218 Å². The van der Waals surface area contributed by atoms with Gasteiger partial charge in [-0.1, -0.05) is 6.92 Å². The quantitative estimate of drug-likeness (QED) is 0.0240. The van der Waals surface area contributed by atoms with Crippen LogP contribution in [-0.2, 0) is 154 Å². The summed E-state index contributed by atoms with van der Waals surface area (Å²) in [6.45, 7) is -25.5. The van der Waals surface area contributed by atoms with Gasteiger partial charge in [0.05, 0.1) is 101 Å². The number of aromatic amines is 4. The van der Waals surface area contributed by atoms with Gasteiger partial charge in [-0.3, -0.25) is 66.5 Å². The lowest BCUT2D eigenvalue weighted by atomic mass is 10.1. The summed E-state index contributed by atoms with van der Waals surface area (Å²) < 4.78 is 118. The van der Waals surface area contributed by atoms with Crippen LogP contribution in [0.25, 0.3) is 44.7 Å². The number of anilines is 4. The number of ether oxygens (including phenoxy) is 6. The fourth-order valence-electron chi connectivity index (χ4n) is 15.1. The zero-order valence-corrected chi connectivity index (χ0v) is 76.8. The molecule has 0 amide bonds. The van der Waals surface area contributed by atoms with E-state index in [0.29, 0.717) is 17.6 Å². The van der Waals surface area contributed by atoms with Crippen LogP contribution in [0.3, 0.4) is 0 Å². The highest BCUT2D eigenvalue weighted by Crippen LogP contribution is 2.58. The zero-order valence-electron chi connectivity index (χ0n) is 66.6. The van der Waals surface area contributed by atoms with Crippen LogP contribution in [0.4, 0.5) is 23.5 Å². The highest BCUT2D eigenvalue weighted by atomic mass is 32.5. The molecule has 0 spiro atoms. The Morgan fingerprint density at radius 3 is 0.938 bits per heavy atom. The largest absolute Gasteiger partial charge is 0.382 e. The van der Waals surface area contributed by atoms with E-state index >= 15 is 0 Å². The molecule has 66 heteroatoms. The molecule has 24 atom stereocenters. The van der Waals surface area contributed by atoms with Crippen LogP contribution < -0.4 is 56.6 Å². The molecule has 54 nitrogen and oxygen atoms in total. The SMILES string of the molecule is CC[C@H]1O[C@@H](n2cnc3c(N)ncnc32)CC1OP(O)(=S)OC[C@H]1O[C@@H](n2cc(C)c(=O)[nH]c2=O)CC1OP(O)(=S)OC[C@H]1O[C@@H](n2cnc3c(=O)[nH]c(N)nc32)CC1OP(O)(=S)OC[C@H]1O[C@@H](n2cc(C)c(=O)[nH]c2=O)CC1OP(O)(=S)OC[C@H]1O[C@@H](n2cnc3c(=O)[nH]c(N)nc32)CC1OP(O)(=S)OC[C@H]1O[C@@H](n2cnc3c(N)ncnc32)CC1OP(O)(=S)OC. The third-order valence-electron chi connectivity index (χ3n) is 21.2. The van der Waals surface area contributed by atoms with Gasteiger partial charge < -0.3 is 135 Å². The Bertz CT molecular complexity index is 6610. The maximum Gasteiger partial charge on any atom is 0.330 e. The Morgan fingerprint density at radius 1 is 0.375 bits per heavy atom. The Hall–Kier alpha value is -6.70. The minimum Gasteiger partial charge on any atom is -0.382 e. The minimum atomic E-state index is -4.72. The molecule has 16 heterocycles. The Kier molecular flexibility index (Phi) is 27.8. The summed E-state index contributed by atoms with van der Waals surface area (Å²) in [4.78, 5) is 201. The molecule has 16 rings (SSSR count). The fraction of sp³-hybridized carbons (Fsp3) is 0.548. The summed E-state index contributed by atoms with van der Waals surface area (Å²) in [7, 11) is 1.15. The van der Waals surface area contributed by atoms with Gasteiger partial charge in [-0.05, 0) is 91.1 Å².